The maximum Gasteiger partial charge on any atom is 0.282 e. The molecule has 2 aromatic carbocycles. The number of rotatable bonds is 2. The van der Waals surface area contributed by atoms with Crippen molar-refractivity contribution < 1.29 is 9.31 Å². The molecule has 0 aromatic heterocycles. The van der Waals surface area contributed by atoms with Crippen LogP contribution in [0.15, 0.2) is 36.4 Å². The van der Waals surface area contributed by atoms with Crippen molar-refractivity contribution in [1.82, 2.24) is 0 Å². The standard InChI is InChI=1S/C14H10FIN2O2/c15-10-2-1-9-5-6-17(14(9)7-10)11-3-4-13(18(19)20)12(16)8-11/h1-4,7-8H,5-6H2. The fourth-order valence-corrected chi connectivity index (χ4v) is 3.13. The van der Waals surface area contributed by atoms with E-state index in [2.05, 4.69) is 0 Å². The van der Waals surface area contributed by atoms with Crippen molar-refractivity contribution >= 4 is 39.7 Å². The average Bonchev–Trinajstić information content (AvgIpc) is 2.81. The van der Waals surface area contributed by atoms with Gasteiger partial charge in [-0.15, -0.1) is 0 Å². The molecule has 0 amide bonds. The predicted octanol–water partition coefficient (Wildman–Crippen LogP) is 4.03. The van der Waals surface area contributed by atoms with Crippen molar-refractivity contribution in [1.29, 1.82) is 0 Å². The molecular formula is C14H10FIN2O2. The second-order valence-corrected chi connectivity index (χ2v) is 5.73. The number of halogens is 2. The Hall–Kier alpha value is -1.70. The van der Waals surface area contributed by atoms with Crippen LogP contribution in [-0.4, -0.2) is 11.5 Å². The highest BCUT2D eigenvalue weighted by Gasteiger charge is 2.22. The lowest BCUT2D eigenvalue weighted by molar-refractivity contribution is -0.385. The predicted molar refractivity (Wildman–Crippen MR) is 82.9 cm³/mol. The SMILES string of the molecule is O=[N+]([O-])c1ccc(N2CCc3ccc(F)cc32)cc1I. The van der Waals surface area contributed by atoms with E-state index in [0.29, 0.717) is 3.57 Å². The molecule has 0 saturated carbocycles. The first-order chi connectivity index (χ1) is 9.56. The Balaban J connectivity index is 2.02. The average molecular weight is 384 g/mol. The third-order valence-electron chi connectivity index (χ3n) is 3.38. The molecular weight excluding hydrogens is 374 g/mol. The molecule has 1 aliphatic heterocycles. The smallest absolute Gasteiger partial charge is 0.282 e. The van der Waals surface area contributed by atoms with E-state index in [1.54, 1.807) is 18.2 Å². The number of benzene rings is 2. The minimum Gasteiger partial charge on any atom is -0.341 e. The Kier molecular flexibility index (Phi) is 3.33. The van der Waals surface area contributed by atoms with Gasteiger partial charge in [0.25, 0.3) is 5.69 Å². The van der Waals surface area contributed by atoms with Crippen LogP contribution >= 0.6 is 22.6 Å². The van der Waals surface area contributed by atoms with Crippen LogP contribution in [-0.2, 0) is 6.42 Å². The zero-order chi connectivity index (χ0) is 14.3. The molecule has 1 aliphatic rings. The van der Waals surface area contributed by atoms with Crippen LogP contribution in [0.5, 0.6) is 0 Å². The van der Waals surface area contributed by atoms with E-state index < -0.39 is 4.92 Å². The normalized spacial score (nSPS) is 13.4. The first-order valence-electron chi connectivity index (χ1n) is 6.06. The van der Waals surface area contributed by atoms with Gasteiger partial charge in [0, 0.05) is 24.0 Å². The summed E-state index contributed by atoms with van der Waals surface area (Å²) in [5.41, 5.74) is 2.88. The summed E-state index contributed by atoms with van der Waals surface area (Å²) in [5, 5.41) is 10.8. The summed E-state index contributed by atoms with van der Waals surface area (Å²) in [6, 6.07) is 9.73. The summed E-state index contributed by atoms with van der Waals surface area (Å²) in [6.45, 7) is 0.757. The van der Waals surface area contributed by atoms with Crippen LogP contribution in [0.2, 0.25) is 0 Å². The molecule has 0 N–H and O–H groups in total. The van der Waals surface area contributed by atoms with Crippen molar-refractivity contribution in [2.45, 2.75) is 6.42 Å². The fraction of sp³-hybridized carbons (Fsp3) is 0.143. The van der Waals surface area contributed by atoms with Gasteiger partial charge in [0.05, 0.1) is 8.49 Å². The number of nitro groups is 1. The molecule has 0 spiro atoms. The van der Waals surface area contributed by atoms with Crippen molar-refractivity contribution in [3.05, 3.63) is 61.5 Å². The lowest BCUT2D eigenvalue weighted by atomic mass is 10.1. The van der Waals surface area contributed by atoms with E-state index in [9.17, 15) is 14.5 Å². The summed E-state index contributed by atoms with van der Waals surface area (Å²) >= 11 is 1.95. The monoisotopic (exact) mass is 384 g/mol. The zero-order valence-corrected chi connectivity index (χ0v) is 12.5. The lowest BCUT2D eigenvalue weighted by Gasteiger charge is -2.19. The van der Waals surface area contributed by atoms with E-state index in [1.165, 1.54) is 18.2 Å². The minimum atomic E-state index is -0.400. The summed E-state index contributed by atoms with van der Waals surface area (Å²) in [7, 11) is 0. The molecule has 0 atom stereocenters. The van der Waals surface area contributed by atoms with Gasteiger partial charge >= 0.3 is 0 Å². The number of anilines is 2. The van der Waals surface area contributed by atoms with Gasteiger partial charge < -0.3 is 4.90 Å². The van der Waals surface area contributed by atoms with Gasteiger partial charge in [-0.2, -0.15) is 0 Å². The van der Waals surface area contributed by atoms with Crippen molar-refractivity contribution in [2.75, 3.05) is 11.4 Å². The number of hydrogen-bond donors (Lipinski definition) is 0. The Bertz CT molecular complexity index is 706. The third-order valence-corrected chi connectivity index (χ3v) is 4.25. The van der Waals surface area contributed by atoms with E-state index in [1.807, 2.05) is 27.5 Å². The zero-order valence-electron chi connectivity index (χ0n) is 10.3. The molecule has 6 heteroatoms. The Labute approximate surface area is 128 Å². The Morgan fingerprint density at radius 2 is 2.05 bits per heavy atom. The van der Waals surface area contributed by atoms with Crippen LogP contribution in [0, 0.1) is 19.5 Å². The van der Waals surface area contributed by atoms with E-state index in [4.69, 9.17) is 0 Å². The molecule has 0 radical (unpaired) electrons. The summed E-state index contributed by atoms with van der Waals surface area (Å²) < 4.78 is 14.0. The third kappa shape index (κ3) is 2.24. The number of nitro benzene ring substituents is 1. The number of hydrogen-bond acceptors (Lipinski definition) is 3. The second-order valence-electron chi connectivity index (χ2n) is 4.57. The van der Waals surface area contributed by atoms with Gasteiger partial charge in [-0.25, -0.2) is 4.39 Å². The van der Waals surface area contributed by atoms with Gasteiger partial charge in [-0.05, 0) is 58.8 Å². The topological polar surface area (TPSA) is 46.4 Å². The summed E-state index contributed by atoms with van der Waals surface area (Å²) in [4.78, 5) is 12.4. The molecule has 0 aliphatic carbocycles. The van der Waals surface area contributed by atoms with Crippen LogP contribution in [0.3, 0.4) is 0 Å². The van der Waals surface area contributed by atoms with Gasteiger partial charge in [0.1, 0.15) is 5.82 Å². The summed E-state index contributed by atoms with van der Waals surface area (Å²) in [6.07, 6.45) is 0.850. The van der Waals surface area contributed by atoms with E-state index in [0.717, 1.165) is 29.9 Å². The molecule has 2 aromatic rings. The Morgan fingerprint density at radius 3 is 2.75 bits per heavy atom. The molecule has 4 nitrogen and oxygen atoms in total. The van der Waals surface area contributed by atoms with Crippen molar-refractivity contribution in [2.24, 2.45) is 0 Å². The first-order valence-corrected chi connectivity index (χ1v) is 7.14. The quantitative estimate of drug-likeness (QED) is 0.446. The highest BCUT2D eigenvalue weighted by molar-refractivity contribution is 14.1. The van der Waals surface area contributed by atoms with Gasteiger partial charge in [-0.1, -0.05) is 6.07 Å². The van der Waals surface area contributed by atoms with Crippen LogP contribution in [0.25, 0.3) is 0 Å². The first kappa shape index (κ1) is 13.3. The van der Waals surface area contributed by atoms with Crippen molar-refractivity contribution in [3.8, 4) is 0 Å². The Morgan fingerprint density at radius 1 is 1.25 bits per heavy atom. The van der Waals surface area contributed by atoms with Crippen LogP contribution in [0.1, 0.15) is 5.56 Å². The second kappa shape index (κ2) is 5.01. The molecule has 1 heterocycles. The van der Waals surface area contributed by atoms with Crippen LogP contribution in [0.4, 0.5) is 21.5 Å². The van der Waals surface area contributed by atoms with Gasteiger partial charge in [0.15, 0.2) is 0 Å². The molecule has 0 bridgehead atoms. The molecule has 0 unspecified atom stereocenters. The number of fused-ring (bicyclic) bond motifs is 1. The molecule has 102 valence electrons. The molecule has 3 rings (SSSR count). The van der Waals surface area contributed by atoms with Crippen molar-refractivity contribution in [3.63, 3.8) is 0 Å². The highest BCUT2D eigenvalue weighted by atomic mass is 127. The fourth-order valence-electron chi connectivity index (χ4n) is 2.43. The maximum atomic E-state index is 13.4. The van der Waals surface area contributed by atoms with Gasteiger partial charge in [-0.3, -0.25) is 10.1 Å². The summed E-state index contributed by atoms with van der Waals surface area (Å²) in [5.74, 6) is -0.271. The molecule has 20 heavy (non-hydrogen) atoms. The van der Waals surface area contributed by atoms with E-state index in [-0.39, 0.29) is 11.5 Å². The largest absolute Gasteiger partial charge is 0.341 e. The van der Waals surface area contributed by atoms with Crippen LogP contribution < -0.4 is 4.90 Å². The number of nitrogens with zero attached hydrogens (tertiary/aromatic N) is 2. The lowest BCUT2D eigenvalue weighted by Crippen LogP contribution is -2.13. The van der Waals surface area contributed by atoms with E-state index >= 15 is 0 Å². The minimum absolute atomic E-state index is 0.0908. The maximum absolute atomic E-state index is 13.4. The molecule has 0 fully saturated rings. The van der Waals surface area contributed by atoms with Gasteiger partial charge in [0.2, 0.25) is 0 Å². The highest BCUT2D eigenvalue weighted by Crippen LogP contribution is 2.36. The molecule has 0 saturated heterocycles.